The lowest BCUT2D eigenvalue weighted by Gasteiger charge is -2.38. The minimum absolute atomic E-state index is 0.0650. The number of aryl methyl sites for hydroxylation is 3. The summed E-state index contributed by atoms with van der Waals surface area (Å²) >= 11 is 0. The minimum atomic E-state index is 0.0650. The van der Waals surface area contributed by atoms with Crippen molar-refractivity contribution in [3.8, 4) is 5.75 Å². The lowest BCUT2D eigenvalue weighted by Crippen LogP contribution is -2.58. The maximum atomic E-state index is 12.4. The first kappa shape index (κ1) is 15.8. The second-order valence-corrected chi connectivity index (χ2v) is 6.09. The van der Waals surface area contributed by atoms with Crippen LogP contribution in [0.15, 0.2) is 12.1 Å². The van der Waals surface area contributed by atoms with Gasteiger partial charge in [-0.2, -0.15) is 0 Å². The summed E-state index contributed by atoms with van der Waals surface area (Å²) in [6.45, 7) is 12.0. The van der Waals surface area contributed by atoms with Gasteiger partial charge in [-0.25, -0.2) is 0 Å². The molecule has 0 spiro atoms. The molecule has 1 aromatic carbocycles. The van der Waals surface area contributed by atoms with Crippen molar-refractivity contribution in [2.75, 3.05) is 19.7 Å². The molecule has 1 aliphatic heterocycles. The Morgan fingerprint density at radius 2 is 1.90 bits per heavy atom. The van der Waals surface area contributed by atoms with E-state index < -0.39 is 0 Å². The number of carbonyl (C=O) groups excluding carboxylic acids is 1. The number of nitrogens with zero attached hydrogens (tertiary/aromatic N) is 1. The lowest BCUT2D eigenvalue weighted by atomic mass is 10.1. The molecule has 21 heavy (non-hydrogen) atoms. The SMILES string of the molecule is Cc1cc(C)c(OCC(=O)N2CCNC(C)C2C)c(C)c1. The van der Waals surface area contributed by atoms with Crippen LogP contribution in [0.1, 0.15) is 30.5 Å². The Bertz CT molecular complexity index is 505. The van der Waals surface area contributed by atoms with Crippen LogP contribution in [0.5, 0.6) is 5.75 Å². The largest absolute Gasteiger partial charge is 0.483 e. The Labute approximate surface area is 127 Å². The van der Waals surface area contributed by atoms with Gasteiger partial charge in [0, 0.05) is 25.2 Å². The second-order valence-electron chi connectivity index (χ2n) is 6.09. The molecule has 1 amide bonds. The summed E-state index contributed by atoms with van der Waals surface area (Å²) in [7, 11) is 0. The van der Waals surface area contributed by atoms with Gasteiger partial charge in [-0.05, 0) is 45.7 Å². The number of hydrogen-bond acceptors (Lipinski definition) is 3. The van der Waals surface area contributed by atoms with Crippen molar-refractivity contribution < 1.29 is 9.53 Å². The standard InChI is InChI=1S/C17H26N2O2/c1-11-8-12(2)17(13(3)9-11)21-10-16(20)19-7-6-18-14(4)15(19)5/h8-9,14-15,18H,6-7,10H2,1-5H3. The van der Waals surface area contributed by atoms with Gasteiger partial charge in [-0.1, -0.05) is 17.7 Å². The van der Waals surface area contributed by atoms with Crippen LogP contribution in [0.4, 0.5) is 0 Å². The van der Waals surface area contributed by atoms with Gasteiger partial charge in [0.25, 0.3) is 5.91 Å². The molecule has 1 aromatic rings. The van der Waals surface area contributed by atoms with E-state index in [0.29, 0.717) is 6.04 Å². The molecule has 116 valence electrons. The Morgan fingerprint density at radius 1 is 1.29 bits per heavy atom. The third-order valence-electron chi connectivity index (χ3n) is 4.30. The van der Waals surface area contributed by atoms with E-state index in [-0.39, 0.29) is 18.6 Å². The summed E-state index contributed by atoms with van der Waals surface area (Å²) in [4.78, 5) is 14.3. The fraction of sp³-hybridized carbons (Fsp3) is 0.588. The average Bonchev–Trinajstić information content (AvgIpc) is 2.40. The van der Waals surface area contributed by atoms with Gasteiger partial charge in [0.05, 0.1) is 0 Å². The van der Waals surface area contributed by atoms with Crippen molar-refractivity contribution in [2.45, 2.75) is 46.7 Å². The molecule has 1 aliphatic rings. The molecule has 0 saturated carbocycles. The molecule has 1 N–H and O–H groups in total. The van der Waals surface area contributed by atoms with E-state index in [2.05, 4.69) is 38.2 Å². The molecule has 0 aromatic heterocycles. The predicted octanol–water partition coefficient (Wildman–Crippen LogP) is 2.20. The van der Waals surface area contributed by atoms with Crippen molar-refractivity contribution >= 4 is 5.91 Å². The molecule has 2 atom stereocenters. The number of ether oxygens (including phenoxy) is 1. The highest BCUT2D eigenvalue weighted by Crippen LogP contribution is 2.24. The van der Waals surface area contributed by atoms with Crippen LogP contribution >= 0.6 is 0 Å². The average molecular weight is 290 g/mol. The van der Waals surface area contributed by atoms with Gasteiger partial charge in [0.1, 0.15) is 5.75 Å². The van der Waals surface area contributed by atoms with E-state index in [1.165, 1.54) is 5.56 Å². The first-order valence-corrected chi connectivity index (χ1v) is 7.63. The topological polar surface area (TPSA) is 41.6 Å². The Balaban J connectivity index is 2.01. The molecule has 1 heterocycles. The molecule has 1 saturated heterocycles. The monoisotopic (exact) mass is 290 g/mol. The van der Waals surface area contributed by atoms with Crippen LogP contribution < -0.4 is 10.1 Å². The van der Waals surface area contributed by atoms with Crippen LogP contribution in [-0.2, 0) is 4.79 Å². The van der Waals surface area contributed by atoms with Gasteiger partial charge in [-0.3, -0.25) is 4.79 Å². The Kier molecular flexibility index (Phi) is 4.88. The maximum absolute atomic E-state index is 12.4. The molecule has 2 unspecified atom stereocenters. The van der Waals surface area contributed by atoms with Gasteiger partial charge < -0.3 is 15.0 Å². The van der Waals surface area contributed by atoms with E-state index in [1.807, 2.05) is 18.7 Å². The second kappa shape index (κ2) is 6.48. The van der Waals surface area contributed by atoms with E-state index in [4.69, 9.17) is 4.74 Å². The van der Waals surface area contributed by atoms with Gasteiger partial charge in [0.2, 0.25) is 0 Å². The smallest absolute Gasteiger partial charge is 0.260 e. The molecule has 4 nitrogen and oxygen atoms in total. The molecular weight excluding hydrogens is 264 g/mol. The zero-order chi connectivity index (χ0) is 15.6. The van der Waals surface area contributed by atoms with E-state index in [9.17, 15) is 4.79 Å². The van der Waals surface area contributed by atoms with Gasteiger partial charge >= 0.3 is 0 Å². The summed E-state index contributed by atoms with van der Waals surface area (Å²) in [5.41, 5.74) is 3.39. The van der Waals surface area contributed by atoms with Crippen LogP contribution in [0.25, 0.3) is 0 Å². The van der Waals surface area contributed by atoms with E-state index >= 15 is 0 Å². The fourth-order valence-electron chi connectivity index (χ4n) is 3.02. The first-order valence-electron chi connectivity index (χ1n) is 7.63. The normalized spacial score (nSPS) is 22.2. The third-order valence-corrected chi connectivity index (χ3v) is 4.30. The van der Waals surface area contributed by atoms with E-state index in [1.54, 1.807) is 0 Å². The van der Waals surface area contributed by atoms with Crippen LogP contribution in [0, 0.1) is 20.8 Å². The zero-order valence-corrected chi connectivity index (χ0v) is 13.7. The number of benzene rings is 1. The molecule has 1 fully saturated rings. The summed E-state index contributed by atoms with van der Waals surface area (Å²) in [5.74, 6) is 0.903. The van der Waals surface area contributed by atoms with Crippen LogP contribution in [0.3, 0.4) is 0 Å². The maximum Gasteiger partial charge on any atom is 0.260 e. The van der Waals surface area contributed by atoms with Crippen molar-refractivity contribution in [3.05, 3.63) is 28.8 Å². The number of hydrogen-bond donors (Lipinski definition) is 1. The zero-order valence-electron chi connectivity index (χ0n) is 13.7. The molecule has 0 bridgehead atoms. The fourth-order valence-corrected chi connectivity index (χ4v) is 3.02. The summed E-state index contributed by atoms with van der Waals surface area (Å²) < 4.78 is 5.81. The highest BCUT2D eigenvalue weighted by Gasteiger charge is 2.28. The highest BCUT2D eigenvalue weighted by molar-refractivity contribution is 5.78. The minimum Gasteiger partial charge on any atom is -0.483 e. The number of carbonyl (C=O) groups is 1. The molecule has 0 radical (unpaired) electrons. The van der Waals surface area contributed by atoms with Crippen molar-refractivity contribution in [2.24, 2.45) is 0 Å². The van der Waals surface area contributed by atoms with Gasteiger partial charge in [0.15, 0.2) is 6.61 Å². The molecular formula is C17H26N2O2. The van der Waals surface area contributed by atoms with Crippen LogP contribution in [-0.4, -0.2) is 42.6 Å². The van der Waals surface area contributed by atoms with Crippen LogP contribution in [0.2, 0.25) is 0 Å². The predicted molar refractivity (Wildman–Crippen MR) is 84.8 cm³/mol. The van der Waals surface area contributed by atoms with Crippen molar-refractivity contribution in [1.82, 2.24) is 10.2 Å². The van der Waals surface area contributed by atoms with E-state index in [0.717, 1.165) is 30.0 Å². The third kappa shape index (κ3) is 3.56. The highest BCUT2D eigenvalue weighted by atomic mass is 16.5. The molecule has 0 aliphatic carbocycles. The summed E-state index contributed by atoms with van der Waals surface area (Å²) in [6, 6.07) is 4.70. The van der Waals surface area contributed by atoms with Crippen molar-refractivity contribution in [1.29, 1.82) is 0 Å². The quantitative estimate of drug-likeness (QED) is 0.928. The van der Waals surface area contributed by atoms with Gasteiger partial charge in [-0.15, -0.1) is 0 Å². The first-order chi connectivity index (χ1) is 9.90. The number of nitrogens with one attached hydrogen (secondary N) is 1. The number of amides is 1. The molecule has 2 rings (SSSR count). The Hall–Kier alpha value is -1.55. The molecule has 4 heteroatoms. The Morgan fingerprint density at radius 3 is 2.52 bits per heavy atom. The van der Waals surface area contributed by atoms with Crippen molar-refractivity contribution in [3.63, 3.8) is 0 Å². The number of rotatable bonds is 3. The lowest BCUT2D eigenvalue weighted by molar-refractivity contribution is -0.137. The number of piperazine rings is 1. The summed E-state index contributed by atoms with van der Waals surface area (Å²) in [5, 5.41) is 3.38. The summed E-state index contributed by atoms with van der Waals surface area (Å²) in [6.07, 6.45) is 0.